The minimum absolute atomic E-state index is 0. The van der Waals surface area contributed by atoms with Crippen molar-refractivity contribution < 1.29 is 5.48 Å². The van der Waals surface area contributed by atoms with Crippen LogP contribution in [0, 0.1) is 0 Å². The SMILES string of the molecule is C.CCCN(CCC)CCC.O. The summed E-state index contributed by atoms with van der Waals surface area (Å²) in [5, 5.41) is 0. The number of rotatable bonds is 6. The highest BCUT2D eigenvalue weighted by Crippen LogP contribution is 1.94. The van der Waals surface area contributed by atoms with Crippen molar-refractivity contribution in [2.75, 3.05) is 19.6 Å². The van der Waals surface area contributed by atoms with E-state index in [0.717, 1.165) is 0 Å². The van der Waals surface area contributed by atoms with Gasteiger partial charge in [-0.25, -0.2) is 0 Å². The average molecular weight is 177 g/mol. The molecule has 0 atom stereocenters. The summed E-state index contributed by atoms with van der Waals surface area (Å²) in [5.74, 6) is 0. The lowest BCUT2D eigenvalue weighted by molar-refractivity contribution is 0.275. The molecule has 78 valence electrons. The maximum Gasteiger partial charge on any atom is -0.00214 e. The molecular weight excluding hydrogens is 150 g/mol. The highest BCUT2D eigenvalue weighted by Gasteiger charge is 1.98. The van der Waals surface area contributed by atoms with E-state index in [-0.39, 0.29) is 12.9 Å². The van der Waals surface area contributed by atoms with E-state index in [1.807, 2.05) is 0 Å². The van der Waals surface area contributed by atoms with Gasteiger partial charge in [-0.3, -0.25) is 0 Å². The largest absolute Gasteiger partial charge is 0.412 e. The maximum absolute atomic E-state index is 2.54. The van der Waals surface area contributed by atoms with Crippen LogP contribution in [0.4, 0.5) is 0 Å². The first-order valence-electron chi connectivity index (χ1n) is 4.57. The summed E-state index contributed by atoms with van der Waals surface area (Å²) in [7, 11) is 0. The van der Waals surface area contributed by atoms with Crippen LogP contribution in [0.3, 0.4) is 0 Å². The zero-order valence-corrected chi connectivity index (χ0v) is 8.19. The third kappa shape index (κ3) is 9.92. The van der Waals surface area contributed by atoms with Gasteiger partial charge in [-0.2, -0.15) is 0 Å². The van der Waals surface area contributed by atoms with Crippen LogP contribution in [0.2, 0.25) is 0 Å². The lowest BCUT2D eigenvalue weighted by atomic mass is 10.3. The molecule has 0 aromatic carbocycles. The van der Waals surface area contributed by atoms with Gasteiger partial charge >= 0.3 is 0 Å². The van der Waals surface area contributed by atoms with Gasteiger partial charge in [-0.15, -0.1) is 0 Å². The van der Waals surface area contributed by atoms with Gasteiger partial charge in [0, 0.05) is 0 Å². The van der Waals surface area contributed by atoms with E-state index in [1.54, 1.807) is 0 Å². The fourth-order valence-corrected chi connectivity index (χ4v) is 1.28. The molecule has 0 aromatic rings. The molecule has 0 spiro atoms. The Morgan fingerprint density at radius 2 is 1.00 bits per heavy atom. The second-order valence-corrected chi connectivity index (χ2v) is 2.84. The summed E-state index contributed by atoms with van der Waals surface area (Å²) < 4.78 is 0. The zero-order chi connectivity index (χ0) is 7.82. The second kappa shape index (κ2) is 13.5. The smallest absolute Gasteiger partial charge is 0.00214 e. The molecule has 0 bridgehead atoms. The van der Waals surface area contributed by atoms with Crippen LogP contribution in [0.1, 0.15) is 47.5 Å². The Morgan fingerprint density at radius 3 is 1.17 bits per heavy atom. The predicted octanol–water partition coefficient (Wildman–Crippen LogP) is 2.33. The van der Waals surface area contributed by atoms with Crippen molar-refractivity contribution in [3.63, 3.8) is 0 Å². The van der Waals surface area contributed by atoms with Crippen molar-refractivity contribution in [1.29, 1.82) is 0 Å². The van der Waals surface area contributed by atoms with Crippen LogP contribution in [-0.4, -0.2) is 30.0 Å². The van der Waals surface area contributed by atoms with Crippen LogP contribution in [0.5, 0.6) is 0 Å². The van der Waals surface area contributed by atoms with E-state index >= 15 is 0 Å². The fourth-order valence-electron chi connectivity index (χ4n) is 1.28. The molecule has 2 heteroatoms. The van der Waals surface area contributed by atoms with Crippen LogP contribution >= 0.6 is 0 Å². The minimum atomic E-state index is 0. The number of hydrogen-bond acceptors (Lipinski definition) is 1. The molecule has 0 saturated carbocycles. The Kier molecular flexibility index (Phi) is 20.1. The molecule has 0 aliphatic rings. The van der Waals surface area contributed by atoms with Crippen molar-refractivity contribution in [2.45, 2.75) is 47.5 Å². The molecule has 0 radical (unpaired) electrons. The Labute approximate surface area is 78.3 Å². The van der Waals surface area contributed by atoms with Crippen molar-refractivity contribution in [2.24, 2.45) is 0 Å². The average Bonchev–Trinajstić information content (AvgIpc) is 1.90. The summed E-state index contributed by atoms with van der Waals surface area (Å²) in [5.41, 5.74) is 0. The summed E-state index contributed by atoms with van der Waals surface area (Å²) in [6.07, 6.45) is 3.88. The quantitative estimate of drug-likeness (QED) is 0.613. The molecule has 0 heterocycles. The first kappa shape index (κ1) is 17.9. The van der Waals surface area contributed by atoms with Crippen LogP contribution in [0.25, 0.3) is 0 Å². The third-order valence-corrected chi connectivity index (χ3v) is 1.62. The van der Waals surface area contributed by atoms with Crippen molar-refractivity contribution in [1.82, 2.24) is 4.90 Å². The molecule has 0 fully saturated rings. The molecule has 0 unspecified atom stereocenters. The van der Waals surface area contributed by atoms with Gasteiger partial charge in [0.05, 0.1) is 0 Å². The summed E-state index contributed by atoms with van der Waals surface area (Å²) in [6.45, 7) is 10.6. The monoisotopic (exact) mass is 177 g/mol. The molecular formula is C10H27NO. The van der Waals surface area contributed by atoms with Crippen molar-refractivity contribution >= 4 is 0 Å². The first-order valence-corrected chi connectivity index (χ1v) is 4.57. The normalized spacial score (nSPS) is 9.00. The van der Waals surface area contributed by atoms with Gasteiger partial charge in [0.1, 0.15) is 0 Å². The second-order valence-electron chi connectivity index (χ2n) is 2.84. The van der Waals surface area contributed by atoms with Gasteiger partial charge in [-0.05, 0) is 38.9 Å². The zero-order valence-electron chi connectivity index (χ0n) is 8.19. The van der Waals surface area contributed by atoms with E-state index in [4.69, 9.17) is 0 Å². The lowest BCUT2D eigenvalue weighted by Crippen LogP contribution is -2.25. The molecule has 0 aliphatic heterocycles. The molecule has 0 amide bonds. The highest BCUT2D eigenvalue weighted by atomic mass is 16.0. The number of nitrogens with zero attached hydrogens (tertiary/aromatic N) is 1. The molecule has 12 heavy (non-hydrogen) atoms. The topological polar surface area (TPSA) is 34.7 Å². The third-order valence-electron chi connectivity index (χ3n) is 1.62. The van der Waals surface area contributed by atoms with E-state index in [0.29, 0.717) is 0 Å². The Bertz CT molecular complexity index is 52.6. The van der Waals surface area contributed by atoms with Gasteiger partial charge < -0.3 is 10.4 Å². The van der Waals surface area contributed by atoms with E-state index < -0.39 is 0 Å². The van der Waals surface area contributed by atoms with E-state index in [9.17, 15) is 0 Å². The Morgan fingerprint density at radius 1 is 0.750 bits per heavy atom. The van der Waals surface area contributed by atoms with Crippen molar-refractivity contribution in [3.05, 3.63) is 0 Å². The van der Waals surface area contributed by atoms with Gasteiger partial charge in [-0.1, -0.05) is 28.2 Å². The summed E-state index contributed by atoms with van der Waals surface area (Å²) >= 11 is 0. The Balaban J connectivity index is -0.000000405. The molecule has 0 rings (SSSR count). The summed E-state index contributed by atoms with van der Waals surface area (Å²) in [4.78, 5) is 2.54. The molecule has 0 aliphatic carbocycles. The molecule has 0 aromatic heterocycles. The Hall–Kier alpha value is -0.0800. The van der Waals surface area contributed by atoms with Crippen LogP contribution < -0.4 is 0 Å². The van der Waals surface area contributed by atoms with Crippen LogP contribution in [-0.2, 0) is 0 Å². The van der Waals surface area contributed by atoms with Gasteiger partial charge in [0.25, 0.3) is 0 Å². The van der Waals surface area contributed by atoms with Gasteiger partial charge in [0.2, 0.25) is 0 Å². The van der Waals surface area contributed by atoms with Crippen molar-refractivity contribution in [3.8, 4) is 0 Å². The predicted molar refractivity (Wildman–Crippen MR) is 57.7 cm³/mol. The van der Waals surface area contributed by atoms with Crippen LogP contribution in [0.15, 0.2) is 0 Å². The highest BCUT2D eigenvalue weighted by molar-refractivity contribution is 4.53. The molecule has 0 saturated heterocycles. The van der Waals surface area contributed by atoms with Gasteiger partial charge in [0.15, 0.2) is 0 Å². The number of hydrogen-bond donors (Lipinski definition) is 0. The maximum atomic E-state index is 2.54. The standard InChI is InChI=1S/C9H21N.CH4.H2O/c1-4-7-10(8-5-2)9-6-3;;/h4-9H2,1-3H3;1H4;1H2. The minimum Gasteiger partial charge on any atom is -0.412 e. The first-order chi connectivity index (χ1) is 4.85. The fraction of sp³-hybridized carbons (Fsp3) is 1.00. The van der Waals surface area contributed by atoms with E-state index in [1.165, 1.54) is 38.9 Å². The summed E-state index contributed by atoms with van der Waals surface area (Å²) in [6, 6.07) is 0. The lowest BCUT2D eigenvalue weighted by Gasteiger charge is -2.19. The molecule has 2 nitrogen and oxygen atoms in total. The van der Waals surface area contributed by atoms with E-state index in [2.05, 4.69) is 25.7 Å². The molecule has 2 N–H and O–H groups in total.